The number of nitrogens with zero attached hydrogens (tertiary/aromatic N) is 3. The highest BCUT2D eigenvalue weighted by Gasteiger charge is 2.60. The maximum Gasteiger partial charge on any atom is 0.459 e. The van der Waals surface area contributed by atoms with Crippen molar-refractivity contribution in [2.45, 2.75) is 30.1 Å². The van der Waals surface area contributed by atoms with E-state index in [1.54, 1.807) is 6.92 Å². The lowest BCUT2D eigenvalue weighted by Gasteiger charge is -2.20. The van der Waals surface area contributed by atoms with Crippen molar-refractivity contribution in [3.8, 4) is 0 Å². The first-order valence-corrected chi connectivity index (χ1v) is 9.22. The topological polar surface area (TPSA) is 79.8 Å². The number of pyridine rings is 1. The fourth-order valence-corrected chi connectivity index (χ4v) is 2.99. The molecule has 0 aliphatic carbocycles. The van der Waals surface area contributed by atoms with Gasteiger partial charge in [0.2, 0.25) is 0 Å². The molecular weight excluding hydrogens is 462 g/mol. The maximum absolute atomic E-state index is 13.6. The Balaban J connectivity index is 2.46. The molecule has 0 spiro atoms. The number of carbonyl (C=O) groups excluding carboxylic acids is 1. The number of hydrogen-bond acceptors (Lipinski definition) is 6. The standard InChI is InChI=1S/C16H13F8N5OS/c1-3-31-9-4-7(15(19,20)21)6-26-11(9)13(30)27-8-5-10(28-29-12(8)25-2)14(17,18)16(22,23)24/h4-6H,3H2,1-2H3,(H,25,29)(H,27,28,30). The Labute approximate surface area is 173 Å². The van der Waals surface area contributed by atoms with Crippen LogP contribution in [0.25, 0.3) is 0 Å². The monoisotopic (exact) mass is 475 g/mol. The molecule has 2 heterocycles. The van der Waals surface area contributed by atoms with Crippen LogP contribution in [0.2, 0.25) is 0 Å². The van der Waals surface area contributed by atoms with E-state index in [1.807, 2.05) is 5.32 Å². The molecule has 0 atom stereocenters. The third kappa shape index (κ3) is 5.32. The van der Waals surface area contributed by atoms with Crippen LogP contribution in [-0.2, 0) is 12.1 Å². The summed E-state index contributed by atoms with van der Waals surface area (Å²) >= 11 is 0.856. The molecule has 170 valence electrons. The van der Waals surface area contributed by atoms with Crippen LogP contribution in [0, 0.1) is 0 Å². The quantitative estimate of drug-likeness (QED) is 0.455. The second-order valence-electron chi connectivity index (χ2n) is 5.77. The summed E-state index contributed by atoms with van der Waals surface area (Å²) in [6, 6.07) is 0.948. The maximum atomic E-state index is 13.6. The van der Waals surface area contributed by atoms with E-state index in [4.69, 9.17) is 0 Å². The van der Waals surface area contributed by atoms with Gasteiger partial charge in [-0.15, -0.1) is 22.0 Å². The molecule has 15 heteroatoms. The van der Waals surface area contributed by atoms with Gasteiger partial charge in [0.1, 0.15) is 11.4 Å². The first-order chi connectivity index (χ1) is 14.2. The van der Waals surface area contributed by atoms with Crippen LogP contribution >= 0.6 is 11.8 Å². The highest BCUT2D eigenvalue weighted by molar-refractivity contribution is 7.99. The zero-order valence-corrected chi connectivity index (χ0v) is 16.4. The van der Waals surface area contributed by atoms with Crippen LogP contribution in [-0.4, -0.2) is 40.1 Å². The number of carbonyl (C=O) groups is 1. The summed E-state index contributed by atoms with van der Waals surface area (Å²) in [4.78, 5) is 15.9. The summed E-state index contributed by atoms with van der Waals surface area (Å²) in [5.74, 6) is -6.59. The summed E-state index contributed by atoms with van der Waals surface area (Å²) in [5, 5.41) is 10.4. The molecule has 0 bridgehead atoms. The molecule has 0 fully saturated rings. The molecule has 31 heavy (non-hydrogen) atoms. The van der Waals surface area contributed by atoms with E-state index in [9.17, 15) is 39.9 Å². The molecule has 2 aromatic heterocycles. The molecule has 1 amide bonds. The number of rotatable bonds is 6. The highest BCUT2D eigenvalue weighted by atomic mass is 32.2. The molecule has 0 saturated heterocycles. The second kappa shape index (κ2) is 8.80. The summed E-state index contributed by atoms with van der Waals surface area (Å²) in [6.45, 7) is 1.60. The molecule has 0 unspecified atom stereocenters. The highest BCUT2D eigenvalue weighted by Crippen LogP contribution is 2.43. The van der Waals surface area contributed by atoms with Crippen LogP contribution in [0.15, 0.2) is 23.2 Å². The van der Waals surface area contributed by atoms with E-state index in [-0.39, 0.29) is 22.5 Å². The normalized spacial score (nSPS) is 12.6. The molecule has 0 aliphatic heterocycles. The lowest BCUT2D eigenvalue weighted by atomic mass is 10.2. The predicted molar refractivity (Wildman–Crippen MR) is 95.1 cm³/mol. The second-order valence-corrected chi connectivity index (χ2v) is 7.08. The van der Waals surface area contributed by atoms with Crippen LogP contribution in [0.5, 0.6) is 0 Å². The number of thioether (sulfide) groups is 1. The third-order valence-electron chi connectivity index (χ3n) is 3.65. The fraction of sp³-hybridized carbons (Fsp3) is 0.375. The molecule has 2 aromatic rings. The Hall–Kier alpha value is -2.71. The molecule has 0 aliphatic rings. The van der Waals surface area contributed by atoms with Gasteiger partial charge in [0.25, 0.3) is 5.91 Å². The van der Waals surface area contributed by atoms with Crippen LogP contribution in [0.4, 0.5) is 46.6 Å². The predicted octanol–water partition coefficient (Wildman–Crippen LogP) is 4.95. The van der Waals surface area contributed by atoms with Gasteiger partial charge >= 0.3 is 18.3 Å². The Morgan fingerprint density at radius 2 is 1.71 bits per heavy atom. The summed E-state index contributed by atoms with van der Waals surface area (Å²) in [7, 11) is 1.23. The third-order valence-corrected chi connectivity index (χ3v) is 4.56. The fourth-order valence-electron chi connectivity index (χ4n) is 2.19. The number of aromatic nitrogens is 3. The van der Waals surface area contributed by atoms with Gasteiger partial charge in [-0.1, -0.05) is 6.92 Å². The largest absolute Gasteiger partial charge is 0.459 e. The number of amides is 1. The average molecular weight is 475 g/mol. The smallest absolute Gasteiger partial charge is 0.370 e. The summed E-state index contributed by atoms with van der Waals surface area (Å²) in [5.41, 5.74) is -3.98. The van der Waals surface area contributed by atoms with Gasteiger partial charge < -0.3 is 10.6 Å². The Bertz CT molecular complexity index is 964. The number of nitrogens with one attached hydrogen (secondary N) is 2. The van der Waals surface area contributed by atoms with E-state index in [1.165, 1.54) is 7.05 Å². The van der Waals surface area contributed by atoms with Crippen LogP contribution < -0.4 is 10.6 Å². The van der Waals surface area contributed by atoms with Crippen molar-refractivity contribution < 1.29 is 39.9 Å². The summed E-state index contributed by atoms with van der Waals surface area (Å²) in [6.07, 6.45) is -10.3. The van der Waals surface area contributed by atoms with Gasteiger partial charge in [-0.25, -0.2) is 4.98 Å². The Kier molecular flexibility index (Phi) is 6.97. The van der Waals surface area contributed by atoms with Crippen molar-refractivity contribution >= 4 is 29.2 Å². The van der Waals surface area contributed by atoms with Crippen molar-refractivity contribution in [1.29, 1.82) is 0 Å². The molecular formula is C16H13F8N5OS. The summed E-state index contributed by atoms with van der Waals surface area (Å²) < 4.78 is 104. The minimum absolute atomic E-state index is 0.163. The van der Waals surface area contributed by atoms with Crippen molar-refractivity contribution in [1.82, 2.24) is 15.2 Å². The van der Waals surface area contributed by atoms with Crippen LogP contribution in [0.1, 0.15) is 28.7 Å². The minimum atomic E-state index is -5.97. The molecule has 0 radical (unpaired) electrons. The van der Waals surface area contributed by atoms with Crippen molar-refractivity contribution in [3.05, 3.63) is 35.3 Å². The van der Waals surface area contributed by atoms with Gasteiger partial charge in [0.15, 0.2) is 5.82 Å². The molecule has 0 aromatic carbocycles. The van der Waals surface area contributed by atoms with Crippen molar-refractivity contribution in [3.63, 3.8) is 0 Å². The van der Waals surface area contributed by atoms with E-state index in [0.717, 1.165) is 11.8 Å². The average Bonchev–Trinajstić information content (AvgIpc) is 2.66. The number of halogens is 8. The number of alkyl halides is 8. The minimum Gasteiger partial charge on any atom is -0.370 e. The molecule has 2 rings (SSSR count). The van der Waals surface area contributed by atoms with Crippen molar-refractivity contribution in [2.75, 3.05) is 23.4 Å². The van der Waals surface area contributed by atoms with E-state index < -0.39 is 46.8 Å². The lowest BCUT2D eigenvalue weighted by molar-refractivity contribution is -0.291. The zero-order chi connectivity index (χ0) is 23.6. The Morgan fingerprint density at radius 1 is 1.06 bits per heavy atom. The van der Waals surface area contributed by atoms with Crippen LogP contribution in [0.3, 0.4) is 0 Å². The van der Waals surface area contributed by atoms with E-state index in [2.05, 4.69) is 20.5 Å². The molecule has 6 nitrogen and oxygen atoms in total. The van der Waals surface area contributed by atoms with Gasteiger partial charge in [-0.05, 0) is 17.9 Å². The van der Waals surface area contributed by atoms with Gasteiger partial charge in [0, 0.05) is 18.1 Å². The zero-order valence-electron chi connectivity index (χ0n) is 15.6. The number of anilines is 2. The molecule has 2 N–H and O–H groups in total. The SMILES string of the molecule is CCSc1cc(C(F)(F)F)cnc1C(=O)Nc1cc(C(F)(F)C(F)(F)F)nnc1NC. The van der Waals surface area contributed by atoms with Gasteiger partial charge in [-0.2, -0.15) is 35.1 Å². The number of hydrogen-bond donors (Lipinski definition) is 2. The first kappa shape index (κ1) is 24.6. The van der Waals surface area contributed by atoms with Gasteiger partial charge in [-0.3, -0.25) is 4.79 Å². The van der Waals surface area contributed by atoms with E-state index >= 15 is 0 Å². The van der Waals surface area contributed by atoms with E-state index in [0.29, 0.717) is 12.3 Å². The lowest BCUT2D eigenvalue weighted by Crippen LogP contribution is -2.35. The Morgan fingerprint density at radius 3 is 2.23 bits per heavy atom. The van der Waals surface area contributed by atoms with Crippen molar-refractivity contribution in [2.24, 2.45) is 0 Å². The van der Waals surface area contributed by atoms with Gasteiger partial charge in [0.05, 0.1) is 11.3 Å². The molecule has 0 saturated carbocycles. The first-order valence-electron chi connectivity index (χ1n) is 8.24.